The highest BCUT2D eigenvalue weighted by molar-refractivity contribution is 9.10. The van der Waals surface area contributed by atoms with Crippen LogP contribution in [0.1, 0.15) is 29.8 Å². The number of carbonyl (C=O) groups is 2. The maximum Gasteiger partial charge on any atom is 0.306 e. The van der Waals surface area contributed by atoms with Crippen molar-refractivity contribution in [2.24, 2.45) is 11.8 Å². The summed E-state index contributed by atoms with van der Waals surface area (Å²) >= 11 is 3.12. The topological polar surface area (TPSA) is 79.5 Å². The van der Waals surface area contributed by atoms with Crippen molar-refractivity contribution < 1.29 is 19.1 Å². The van der Waals surface area contributed by atoms with Crippen LogP contribution in [-0.2, 0) is 4.79 Å². The first-order valence-electron chi connectivity index (χ1n) is 5.84. The number of furan rings is 1. The minimum Gasteiger partial charge on any atom is -0.481 e. The first kappa shape index (κ1) is 13.1. The van der Waals surface area contributed by atoms with Crippen LogP contribution in [0, 0.1) is 11.8 Å². The van der Waals surface area contributed by atoms with Crippen LogP contribution in [0.4, 0.5) is 0 Å². The van der Waals surface area contributed by atoms with Gasteiger partial charge in [0.25, 0.3) is 5.91 Å². The van der Waals surface area contributed by atoms with E-state index in [1.807, 2.05) is 0 Å². The van der Waals surface area contributed by atoms with Gasteiger partial charge in [-0.05, 0) is 46.8 Å². The normalized spacial score (nSPS) is 22.9. The lowest BCUT2D eigenvalue weighted by Gasteiger charge is -2.15. The van der Waals surface area contributed by atoms with Gasteiger partial charge >= 0.3 is 5.97 Å². The molecule has 1 aromatic rings. The minimum absolute atomic E-state index is 0.0184. The molecule has 1 amide bonds. The smallest absolute Gasteiger partial charge is 0.306 e. The average molecular weight is 316 g/mol. The SMILES string of the molecule is O=C(NCC1CCCC1C(=O)O)c1ccc(Br)o1. The lowest BCUT2D eigenvalue weighted by molar-refractivity contribution is -0.142. The molecule has 2 rings (SSSR count). The number of halogens is 1. The van der Waals surface area contributed by atoms with Crippen molar-refractivity contribution in [1.82, 2.24) is 5.32 Å². The van der Waals surface area contributed by atoms with Gasteiger partial charge in [0.15, 0.2) is 10.4 Å². The molecular weight excluding hydrogens is 302 g/mol. The Morgan fingerprint density at radius 3 is 2.83 bits per heavy atom. The van der Waals surface area contributed by atoms with Gasteiger partial charge in [-0.15, -0.1) is 0 Å². The molecule has 2 unspecified atom stereocenters. The largest absolute Gasteiger partial charge is 0.481 e. The van der Waals surface area contributed by atoms with Gasteiger partial charge in [0.05, 0.1) is 5.92 Å². The Bertz CT molecular complexity index is 457. The standard InChI is InChI=1S/C12H14BrNO4/c13-10-5-4-9(18-10)11(15)14-6-7-2-1-3-8(7)12(16)17/h4-5,7-8H,1-3,6H2,(H,14,15)(H,16,17). The monoisotopic (exact) mass is 315 g/mol. The van der Waals surface area contributed by atoms with Crippen LogP contribution in [-0.4, -0.2) is 23.5 Å². The van der Waals surface area contributed by atoms with E-state index in [-0.39, 0.29) is 23.5 Å². The highest BCUT2D eigenvalue weighted by Gasteiger charge is 2.33. The number of aliphatic carboxylic acids is 1. The molecule has 1 aliphatic rings. The molecule has 1 heterocycles. The molecule has 0 spiro atoms. The maximum absolute atomic E-state index is 11.7. The fourth-order valence-electron chi connectivity index (χ4n) is 2.35. The summed E-state index contributed by atoms with van der Waals surface area (Å²) in [5.41, 5.74) is 0. The highest BCUT2D eigenvalue weighted by atomic mass is 79.9. The number of amides is 1. The van der Waals surface area contributed by atoms with Crippen LogP contribution in [0.15, 0.2) is 21.2 Å². The van der Waals surface area contributed by atoms with Gasteiger partial charge in [-0.3, -0.25) is 9.59 Å². The van der Waals surface area contributed by atoms with E-state index in [4.69, 9.17) is 9.52 Å². The van der Waals surface area contributed by atoms with Gasteiger partial charge in [0.2, 0.25) is 0 Å². The van der Waals surface area contributed by atoms with Gasteiger partial charge < -0.3 is 14.8 Å². The molecule has 1 aromatic heterocycles. The Kier molecular flexibility index (Phi) is 4.06. The van der Waals surface area contributed by atoms with Gasteiger partial charge in [-0.1, -0.05) is 6.42 Å². The number of hydrogen-bond donors (Lipinski definition) is 2. The number of nitrogens with one attached hydrogen (secondary N) is 1. The summed E-state index contributed by atoms with van der Waals surface area (Å²) in [5.74, 6) is -1.17. The quantitative estimate of drug-likeness (QED) is 0.893. The number of rotatable bonds is 4. The van der Waals surface area contributed by atoms with E-state index in [2.05, 4.69) is 21.2 Å². The van der Waals surface area contributed by atoms with Gasteiger partial charge in [0, 0.05) is 6.54 Å². The second kappa shape index (κ2) is 5.56. The zero-order valence-corrected chi connectivity index (χ0v) is 11.3. The van der Waals surface area contributed by atoms with Gasteiger partial charge in [-0.2, -0.15) is 0 Å². The fraction of sp³-hybridized carbons (Fsp3) is 0.500. The van der Waals surface area contributed by atoms with E-state index in [1.54, 1.807) is 12.1 Å². The first-order valence-corrected chi connectivity index (χ1v) is 6.63. The zero-order valence-electron chi connectivity index (χ0n) is 9.69. The van der Waals surface area contributed by atoms with Crippen molar-refractivity contribution >= 4 is 27.8 Å². The molecular formula is C12H14BrNO4. The Morgan fingerprint density at radius 2 is 2.22 bits per heavy atom. The van der Waals surface area contributed by atoms with Crippen LogP contribution >= 0.6 is 15.9 Å². The minimum atomic E-state index is -0.771. The Morgan fingerprint density at radius 1 is 1.44 bits per heavy atom. The molecule has 98 valence electrons. The second-order valence-electron chi connectivity index (χ2n) is 4.45. The maximum atomic E-state index is 11.7. The second-order valence-corrected chi connectivity index (χ2v) is 5.23. The number of carboxylic acid groups (broad SMARTS) is 1. The van der Waals surface area contributed by atoms with Crippen molar-refractivity contribution in [3.63, 3.8) is 0 Å². The molecule has 0 aromatic carbocycles. The predicted octanol–water partition coefficient (Wildman–Crippen LogP) is 2.27. The third-order valence-electron chi connectivity index (χ3n) is 3.30. The molecule has 1 fully saturated rings. The lowest BCUT2D eigenvalue weighted by atomic mass is 9.96. The first-order chi connectivity index (χ1) is 8.58. The summed E-state index contributed by atoms with van der Waals surface area (Å²) in [6, 6.07) is 3.22. The summed E-state index contributed by atoms with van der Waals surface area (Å²) in [5, 5.41) is 11.8. The van der Waals surface area contributed by atoms with E-state index in [1.165, 1.54) is 0 Å². The molecule has 5 nitrogen and oxygen atoms in total. The van der Waals surface area contributed by atoms with E-state index >= 15 is 0 Å². The molecule has 2 N–H and O–H groups in total. The summed E-state index contributed by atoms with van der Waals surface area (Å²) in [6.45, 7) is 0.383. The predicted molar refractivity (Wildman–Crippen MR) is 67.2 cm³/mol. The van der Waals surface area contributed by atoms with Crippen molar-refractivity contribution in [3.05, 3.63) is 22.6 Å². The van der Waals surface area contributed by atoms with Gasteiger partial charge in [0.1, 0.15) is 0 Å². The molecule has 0 radical (unpaired) electrons. The number of carbonyl (C=O) groups excluding carboxylic acids is 1. The van der Waals surface area contributed by atoms with Crippen molar-refractivity contribution in [2.45, 2.75) is 19.3 Å². The Labute approximate surface area is 113 Å². The average Bonchev–Trinajstić information content (AvgIpc) is 2.94. The number of carboxylic acids is 1. The Hall–Kier alpha value is -1.30. The van der Waals surface area contributed by atoms with Crippen LogP contribution in [0.25, 0.3) is 0 Å². The molecule has 2 atom stereocenters. The third-order valence-corrected chi connectivity index (χ3v) is 3.72. The van der Waals surface area contributed by atoms with E-state index in [9.17, 15) is 9.59 Å². The van der Waals surface area contributed by atoms with E-state index in [0.29, 0.717) is 17.6 Å². The van der Waals surface area contributed by atoms with Crippen LogP contribution in [0.5, 0.6) is 0 Å². The summed E-state index contributed by atoms with van der Waals surface area (Å²) in [7, 11) is 0. The van der Waals surface area contributed by atoms with Crippen LogP contribution in [0.2, 0.25) is 0 Å². The fourth-order valence-corrected chi connectivity index (χ4v) is 2.66. The molecule has 0 saturated heterocycles. The molecule has 0 aliphatic heterocycles. The summed E-state index contributed by atoms with van der Waals surface area (Å²) < 4.78 is 5.62. The third kappa shape index (κ3) is 2.93. The van der Waals surface area contributed by atoms with E-state index in [0.717, 1.165) is 12.8 Å². The molecule has 6 heteroatoms. The zero-order chi connectivity index (χ0) is 13.1. The Balaban J connectivity index is 1.88. The van der Waals surface area contributed by atoms with Crippen LogP contribution < -0.4 is 5.32 Å². The molecule has 1 saturated carbocycles. The van der Waals surface area contributed by atoms with Crippen molar-refractivity contribution in [2.75, 3.05) is 6.54 Å². The summed E-state index contributed by atoms with van der Waals surface area (Å²) in [4.78, 5) is 22.7. The summed E-state index contributed by atoms with van der Waals surface area (Å²) in [6.07, 6.45) is 2.45. The van der Waals surface area contributed by atoms with Crippen molar-refractivity contribution in [1.29, 1.82) is 0 Å². The van der Waals surface area contributed by atoms with Crippen LogP contribution in [0.3, 0.4) is 0 Å². The number of hydrogen-bond acceptors (Lipinski definition) is 3. The van der Waals surface area contributed by atoms with Gasteiger partial charge in [-0.25, -0.2) is 0 Å². The molecule has 1 aliphatic carbocycles. The highest BCUT2D eigenvalue weighted by Crippen LogP contribution is 2.31. The van der Waals surface area contributed by atoms with Crippen molar-refractivity contribution in [3.8, 4) is 0 Å². The van der Waals surface area contributed by atoms with E-state index < -0.39 is 5.97 Å². The molecule has 18 heavy (non-hydrogen) atoms. The lowest BCUT2D eigenvalue weighted by Crippen LogP contribution is -2.32. The molecule has 0 bridgehead atoms.